The molecule has 0 radical (unpaired) electrons. The van der Waals surface area contributed by atoms with Crippen LogP contribution in [0.25, 0.3) is 5.69 Å². The third-order valence-corrected chi connectivity index (χ3v) is 2.59. The third kappa shape index (κ3) is 1.95. The molecule has 0 saturated heterocycles. The van der Waals surface area contributed by atoms with Crippen molar-refractivity contribution in [3.63, 3.8) is 0 Å². The van der Waals surface area contributed by atoms with Crippen molar-refractivity contribution in [2.75, 3.05) is 12.8 Å². The molecule has 0 fully saturated rings. The Morgan fingerprint density at radius 1 is 1.47 bits per heavy atom. The Bertz CT molecular complexity index is 537. The molecule has 1 heterocycles. The number of ether oxygens (including phenoxy) is 1. The molecular weight excluding hydrogens is 221 g/mol. The summed E-state index contributed by atoms with van der Waals surface area (Å²) in [5.74, 6) is 0.851. The molecule has 0 bridgehead atoms. The standard InChI is InChI=1S/C12H14FN3O/c1-3-12-15-4-5-16(12)10-7-11(17-2)9(14)6-8(10)13/h4-7H,3,14H2,1-2H3. The number of aryl methyl sites for hydroxylation is 1. The first-order valence-electron chi connectivity index (χ1n) is 5.33. The predicted molar refractivity (Wildman–Crippen MR) is 63.9 cm³/mol. The Morgan fingerprint density at radius 3 is 2.88 bits per heavy atom. The molecule has 2 aromatic rings. The molecule has 1 aromatic carbocycles. The van der Waals surface area contributed by atoms with E-state index in [2.05, 4.69) is 4.98 Å². The van der Waals surface area contributed by atoms with Crippen LogP contribution in [0.3, 0.4) is 0 Å². The van der Waals surface area contributed by atoms with Gasteiger partial charge in [-0.1, -0.05) is 6.92 Å². The first-order chi connectivity index (χ1) is 8.17. The summed E-state index contributed by atoms with van der Waals surface area (Å²) < 4.78 is 20.6. The lowest BCUT2D eigenvalue weighted by Gasteiger charge is -2.11. The van der Waals surface area contributed by atoms with Gasteiger partial charge in [0.2, 0.25) is 0 Å². The van der Waals surface area contributed by atoms with Gasteiger partial charge in [-0.3, -0.25) is 0 Å². The van der Waals surface area contributed by atoms with Gasteiger partial charge in [0.05, 0.1) is 18.5 Å². The number of nitrogens with two attached hydrogens (primary N) is 1. The number of anilines is 1. The molecule has 2 rings (SSSR count). The number of benzene rings is 1. The van der Waals surface area contributed by atoms with Crippen LogP contribution in [0.4, 0.5) is 10.1 Å². The Hall–Kier alpha value is -2.04. The zero-order valence-electron chi connectivity index (χ0n) is 9.77. The molecule has 0 aliphatic heterocycles. The van der Waals surface area contributed by atoms with Gasteiger partial charge in [0, 0.05) is 30.9 Å². The highest BCUT2D eigenvalue weighted by Gasteiger charge is 2.12. The van der Waals surface area contributed by atoms with E-state index in [-0.39, 0.29) is 5.69 Å². The molecule has 90 valence electrons. The predicted octanol–water partition coefficient (Wildman–Crippen LogP) is 2.16. The minimum Gasteiger partial charge on any atom is -0.495 e. The quantitative estimate of drug-likeness (QED) is 0.829. The van der Waals surface area contributed by atoms with E-state index < -0.39 is 5.82 Å². The lowest BCUT2D eigenvalue weighted by Crippen LogP contribution is -2.04. The van der Waals surface area contributed by atoms with Crippen molar-refractivity contribution in [2.45, 2.75) is 13.3 Å². The monoisotopic (exact) mass is 235 g/mol. The van der Waals surface area contributed by atoms with Crippen LogP contribution in [0, 0.1) is 5.82 Å². The van der Waals surface area contributed by atoms with Crippen molar-refractivity contribution in [1.82, 2.24) is 9.55 Å². The van der Waals surface area contributed by atoms with Crippen LogP contribution in [0.2, 0.25) is 0 Å². The first kappa shape index (κ1) is 11.4. The second-order valence-electron chi connectivity index (χ2n) is 3.61. The van der Waals surface area contributed by atoms with Gasteiger partial charge in [-0.05, 0) is 0 Å². The summed E-state index contributed by atoms with van der Waals surface area (Å²) >= 11 is 0. The summed E-state index contributed by atoms with van der Waals surface area (Å²) in [5.41, 5.74) is 6.31. The highest BCUT2D eigenvalue weighted by Crippen LogP contribution is 2.27. The molecule has 0 aliphatic rings. The summed E-state index contributed by atoms with van der Waals surface area (Å²) in [6, 6.07) is 2.83. The molecule has 4 nitrogen and oxygen atoms in total. The Kier molecular flexibility index (Phi) is 2.99. The van der Waals surface area contributed by atoms with E-state index in [0.717, 1.165) is 12.2 Å². The van der Waals surface area contributed by atoms with Gasteiger partial charge < -0.3 is 15.0 Å². The second kappa shape index (κ2) is 4.45. The van der Waals surface area contributed by atoms with Crippen molar-refractivity contribution in [2.24, 2.45) is 0 Å². The molecule has 0 spiro atoms. The molecule has 0 aliphatic carbocycles. The van der Waals surface area contributed by atoms with Crippen molar-refractivity contribution in [3.05, 3.63) is 36.2 Å². The van der Waals surface area contributed by atoms with Crippen LogP contribution in [0.5, 0.6) is 5.75 Å². The van der Waals surface area contributed by atoms with Gasteiger partial charge in [0.15, 0.2) is 0 Å². The molecule has 0 amide bonds. The lowest BCUT2D eigenvalue weighted by molar-refractivity contribution is 0.415. The maximum Gasteiger partial charge on any atom is 0.149 e. The average molecular weight is 235 g/mol. The lowest BCUT2D eigenvalue weighted by atomic mass is 10.2. The summed E-state index contributed by atoms with van der Waals surface area (Å²) in [6.07, 6.45) is 4.08. The van der Waals surface area contributed by atoms with Crippen LogP contribution < -0.4 is 10.5 Å². The number of hydrogen-bond acceptors (Lipinski definition) is 3. The van der Waals surface area contributed by atoms with Crippen LogP contribution in [0.1, 0.15) is 12.7 Å². The Balaban J connectivity index is 2.59. The minimum atomic E-state index is -0.393. The average Bonchev–Trinajstić information content (AvgIpc) is 2.77. The summed E-state index contributed by atoms with van der Waals surface area (Å²) in [7, 11) is 1.50. The van der Waals surface area contributed by atoms with Gasteiger partial charge in [0.1, 0.15) is 17.4 Å². The van der Waals surface area contributed by atoms with Gasteiger partial charge in [-0.15, -0.1) is 0 Å². The third-order valence-electron chi connectivity index (χ3n) is 2.59. The van der Waals surface area contributed by atoms with E-state index in [0.29, 0.717) is 11.4 Å². The van der Waals surface area contributed by atoms with Crippen molar-refractivity contribution < 1.29 is 9.13 Å². The summed E-state index contributed by atoms with van der Waals surface area (Å²) in [5, 5.41) is 0. The van der Waals surface area contributed by atoms with Gasteiger partial charge in [-0.25, -0.2) is 9.37 Å². The molecule has 2 N–H and O–H groups in total. The number of imidazole rings is 1. The molecule has 17 heavy (non-hydrogen) atoms. The van der Waals surface area contributed by atoms with E-state index in [4.69, 9.17) is 10.5 Å². The largest absolute Gasteiger partial charge is 0.495 e. The smallest absolute Gasteiger partial charge is 0.149 e. The highest BCUT2D eigenvalue weighted by atomic mass is 19.1. The number of nitrogens with zero attached hydrogens (tertiary/aromatic N) is 2. The first-order valence-corrected chi connectivity index (χ1v) is 5.33. The van der Waals surface area contributed by atoms with Crippen LogP contribution in [-0.4, -0.2) is 16.7 Å². The van der Waals surface area contributed by atoms with Gasteiger partial charge in [-0.2, -0.15) is 0 Å². The SMILES string of the molecule is CCc1nccn1-c1cc(OC)c(N)cc1F. The fraction of sp³-hybridized carbons (Fsp3) is 0.250. The number of rotatable bonds is 3. The maximum absolute atomic E-state index is 13.9. The number of halogens is 1. The molecule has 5 heteroatoms. The van der Waals surface area contributed by atoms with Crippen molar-refractivity contribution in [1.29, 1.82) is 0 Å². The van der Waals surface area contributed by atoms with Crippen LogP contribution in [-0.2, 0) is 6.42 Å². The number of aromatic nitrogens is 2. The maximum atomic E-state index is 13.9. The van der Waals surface area contributed by atoms with Gasteiger partial charge in [0.25, 0.3) is 0 Å². The van der Waals surface area contributed by atoms with E-state index >= 15 is 0 Å². The molecule has 0 unspecified atom stereocenters. The van der Waals surface area contributed by atoms with Crippen molar-refractivity contribution >= 4 is 5.69 Å². The zero-order valence-corrected chi connectivity index (χ0v) is 9.77. The molecular formula is C12H14FN3O. The fourth-order valence-electron chi connectivity index (χ4n) is 1.73. The fourth-order valence-corrected chi connectivity index (χ4v) is 1.73. The Labute approximate surface area is 98.8 Å². The molecule has 1 aromatic heterocycles. The highest BCUT2D eigenvalue weighted by molar-refractivity contribution is 5.58. The topological polar surface area (TPSA) is 53.1 Å². The van der Waals surface area contributed by atoms with Crippen LogP contribution in [0.15, 0.2) is 24.5 Å². The summed E-state index contributed by atoms with van der Waals surface area (Å²) in [6.45, 7) is 1.96. The van der Waals surface area contributed by atoms with E-state index in [1.165, 1.54) is 13.2 Å². The minimum absolute atomic E-state index is 0.284. The zero-order chi connectivity index (χ0) is 12.4. The van der Waals surface area contributed by atoms with E-state index in [1.807, 2.05) is 6.92 Å². The normalized spacial score (nSPS) is 10.5. The molecule has 0 atom stereocenters. The number of hydrogen-bond donors (Lipinski definition) is 1. The molecule has 0 saturated carbocycles. The second-order valence-corrected chi connectivity index (χ2v) is 3.61. The Morgan fingerprint density at radius 2 is 2.24 bits per heavy atom. The van der Waals surface area contributed by atoms with E-state index in [1.54, 1.807) is 23.0 Å². The van der Waals surface area contributed by atoms with Gasteiger partial charge >= 0.3 is 0 Å². The summed E-state index contributed by atoms with van der Waals surface area (Å²) in [4.78, 5) is 4.15. The van der Waals surface area contributed by atoms with E-state index in [9.17, 15) is 4.39 Å². The number of nitrogen functional groups attached to an aromatic ring is 1. The number of methoxy groups -OCH3 is 1. The van der Waals surface area contributed by atoms with Crippen molar-refractivity contribution in [3.8, 4) is 11.4 Å². The van der Waals surface area contributed by atoms with Crippen LogP contribution >= 0.6 is 0 Å².